The van der Waals surface area contributed by atoms with Crippen molar-refractivity contribution >= 4 is 10.0 Å². The number of sulfonamides is 1. The zero-order valence-corrected chi connectivity index (χ0v) is 13.0. The number of rotatable bonds is 5. The van der Waals surface area contributed by atoms with Crippen LogP contribution >= 0.6 is 0 Å². The van der Waals surface area contributed by atoms with E-state index in [0.717, 1.165) is 0 Å². The molecule has 1 aromatic carbocycles. The maximum Gasteiger partial charge on any atom is 0.273 e. The van der Waals surface area contributed by atoms with E-state index in [2.05, 4.69) is 10.2 Å². The Hall–Kier alpha value is -1.93. The highest BCUT2D eigenvalue weighted by Gasteiger charge is 2.23. The number of aromatic nitrogens is 3. The van der Waals surface area contributed by atoms with Gasteiger partial charge in [0.15, 0.2) is 5.82 Å². The number of hydrogen-bond donors (Lipinski definition) is 1. The summed E-state index contributed by atoms with van der Waals surface area (Å²) >= 11 is 0. The number of hydrogen-bond acceptors (Lipinski definition) is 5. The lowest BCUT2D eigenvalue weighted by Crippen LogP contribution is -2.20. The maximum atomic E-state index is 11.7. The third kappa shape index (κ3) is 3.22. The molecule has 0 aliphatic carbocycles. The first-order chi connectivity index (χ1) is 9.84. The Kier molecular flexibility index (Phi) is 4.29. The van der Waals surface area contributed by atoms with Gasteiger partial charge in [0.1, 0.15) is 5.75 Å². The maximum absolute atomic E-state index is 11.7. The highest BCUT2D eigenvalue weighted by atomic mass is 32.2. The van der Waals surface area contributed by atoms with Crippen molar-refractivity contribution in [1.29, 1.82) is 0 Å². The fraction of sp³-hybridized carbons (Fsp3) is 0.385. The molecule has 0 saturated carbocycles. The summed E-state index contributed by atoms with van der Waals surface area (Å²) in [4.78, 5) is 0. The lowest BCUT2D eigenvalue weighted by molar-refractivity contribution is 0.415. The van der Waals surface area contributed by atoms with Crippen LogP contribution < -0.4 is 9.88 Å². The highest BCUT2D eigenvalue weighted by Crippen LogP contribution is 2.29. The van der Waals surface area contributed by atoms with Gasteiger partial charge in [-0.3, -0.25) is 4.57 Å². The molecule has 1 aromatic heterocycles. The molecule has 21 heavy (non-hydrogen) atoms. The Bertz CT molecular complexity index is 738. The number of nitrogens with zero attached hydrogens (tertiary/aromatic N) is 3. The fourth-order valence-electron chi connectivity index (χ4n) is 2.06. The van der Waals surface area contributed by atoms with Gasteiger partial charge in [0.25, 0.3) is 15.2 Å². The quantitative estimate of drug-likeness (QED) is 0.896. The van der Waals surface area contributed by atoms with Crippen molar-refractivity contribution in [1.82, 2.24) is 14.8 Å². The Morgan fingerprint density at radius 3 is 2.52 bits per heavy atom. The average Bonchev–Trinajstić information content (AvgIpc) is 2.81. The first-order valence-corrected chi connectivity index (χ1v) is 7.98. The average molecular weight is 310 g/mol. The van der Waals surface area contributed by atoms with Crippen molar-refractivity contribution in [2.45, 2.75) is 25.5 Å². The number of nitrogens with two attached hydrogens (primary N) is 1. The summed E-state index contributed by atoms with van der Waals surface area (Å²) in [6.07, 6.45) is 0. The smallest absolute Gasteiger partial charge is 0.273 e. The van der Waals surface area contributed by atoms with Crippen LogP contribution in [-0.2, 0) is 16.6 Å². The van der Waals surface area contributed by atoms with Crippen LogP contribution in [0.5, 0.6) is 5.75 Å². The molecular formula is C13H18N4O3S. The topological polar surface area (TPSA) is 100 Å². The van der Waals surface area contributed by atoms with E-state index in [-0.39, 0.29) is 11.1 Å². The van der Waals surface area contributed by atoms with E-state index in [4.69, 9.17) is 9.88 Å². The summed E-state index contributed by atoms with van der Waals surface area (Å²) in [6, 6.07) is 7.22. The normalized spacial score (nSPS) is 11.9. The first-order valence-electron chi connectivity index (χ1n) is 6.44. The number of benzene rings is 1. The molecule has 0 amide bonds. The van der Waals surface area contributed by atoms with Crippen LogP contribution in [0.15, 0.2) is 29.4 Å². The molecule has 8 heteroatoms. The monoisotopic (exact) mass is 310 g/mol. The third-order valence-corrected chi connectivity index (χ3v) is 3.68. The van der Waals surface area contributed by atoms with Gasteiger partial charge in [-0.2, -0.15) is 0 Å². The van der Waals surface area contributed by atoms with Crippen LogP contribution in [0.1, 0.15) is 13.8 Å². The van der Waals surface area contributed by atoms with Gasteiger partial charge in [0.2, 0.25) is 0 Å². The number of para-hydroxylation sites is 1. The number of methoxy groups -OCH3 is 1. The van der Waals surface area contributed by atoms with Crippen molar-refractivity contribution < 1.29 is 13.2 Å². The van der Waals surface area contributed by atoms with Crippen LogP contribution in [-0.4, -0.2) is 30.3 Å². The van der Waals surface area contributed by atoms with Gasteiger partial charge in [0, 0.05) is 6.54 Å². The van der Waals surface area contributed by atoms with Crippen molar-refractivity contribution in [3.05, 3.63) is 24.3 Å². The minimum Gasteiger partial charge on any atom is -0.496 e. The molecule has 114 valence electrons. The molecule has 0 fully saturated rings. The SMILES string of the molecule is COc1ccccc1-c1nnc(S(N)(=O)=O)n1CC(C)C. The summed E-state index contributed by atoms with van der Waals surface area (Å²) in [5.41, 5.74) is 0.669. The van der Waals surface area contributed by atoms with Gasteiger partial charge in [-0.05, 0) is 18.1 Å². The molecule has 0 bridgehead atoms. The van der Waals surface area contributed by atoms with Crippen molar-refractivity contribution in [3.8, 4) is 17.1 Å². The summed E-state index contributed by atoms with van der Waals surface area (Å²) in [5.74, 6) is 1.22. The molecule has 0 spiro atoms. The zero-order chi connectivity index (χ0) is 15.6. The largest absolute Gasteiger partial charge is 0.496 e. The predicted molar refractivity (Wildman–Crippen MR) is 78.2 cm³/mol. The Morgan fingerprint density at radius 1 is 1.29 bits per heavy atom. The minimum atomic E-state index is -3.94. The molecule has 2 aromatic rings. The molecule has 2 N–H and O–H groups in total. The van der Waals surface area contributed by atoms with Gasteiger partial charge < -0.3 is 4.74 Å². The standard InChI is InChI=1S/C13H18N4O3S/c1-9(2)8-17-12(15-16-13(17)21(14,18)19)10-6-4-5-7-11(10)20-3/h4-7,9H,8H2,1-3H3,(H2,14,18,19). The summed E-state index contributed by atoms with van der Waals surface area (Å²) in [6.45, 7) is 4.38. The number of primary sulfonamides is 1. The van der Waals surface area contributed by atoms with Crippen LogP contribution in [0.3, 0.4) is 0 Å². The summed E-state index contributed by atoms with van der Waals surface area (Å²) < 4.78 is 30.1. The van der Waals surface area contributed by atoms with Gasteiger partial charge in [0.05, 0.1) is 12.7 Å². The van der Waals surface area contributed by atoms with E-state index in [9.17, 15) is 8.42 Å². The molecule has 0 aliphatic heterocycles. The van der Waals surface area contributed by atoms with Crippen LogP contribution in [0.2, 0.25) is 0 Å². The molecule has 0 radical (unpaired) electrons. The molecule has 7 nitrogen and oxygen atoms in total. The molecule has 0 atom stereocenters. The van der Waals surface area contributed by atoms with Gasteiger partial charge in [-0.1, -0.05) is 26.0 Å². The van der Waals surface area contributed by atoms with E-state index < -0.39 is 10.0 Å². The van der Waals surface area contributed by atoms with Crippen LogP contribution in [0, 0.1) is 5.92 Å². The first kappa shape index (κ1) is 15.5. The van der Waals surface area contributed by atoms with E-state index in [1.165, 1.54) is 4.57 Å². The lowest BCUT2D eigenvalue weighted by Gasteiger charge is -2.13. The summed E-state index contributed by atoms with van der Waals surface area (Å²) in [5, 5.41) is 12.7. The summed E-state index contributed by atoms with van der Waals surface area (Å²) in [7, 11) is -2.39. The van der Waals surface area contributed by atoms with Crippen molar-refractivity contribution in [3.63, 3.8) is 0 Å². The fourth-order valence-corrected chi connectivity index (χ4v) is 2.68. The Labute approximate surface area is 123 Å². The van der Waals surface area contributed by atoms with E-state index in [0.29, 0.717) is 23.7 Å². The third-order valence-electron chi connectivity index (χ3n) is 2.87. The molecule has 1 heterocycles. The van der Waals surface area contributed by atoms with Crippen molar-refractivity contribution in [2.24, 2.45) is 11.1 Å². The van der Waals surface area contributed by atoms with Crippen LogP contribution in [0.25, 0.3) is 11.4 Å². The van der Waals surface area contributed by atoms with E-state index in [1.807, 2.05) is 26.0 Å². The van der Waals surface area contributed by atoms with E-state index >= 15 is 0 Å². The lowest BCUT2D eigenvalue weighted by atomic mass is 10.1. The number of ether oxygens (including phenoxy) is 1. The second kappa shape index (κ2) is 5.82. The van der Waals surface area contributed by atoms with E-state index in [1.54, 1.807) is 19.2 Å². The second-order valence-electron chi connectivity index (χ2n) is 5.06. The molecule has 0 unspecified atom stereocenters. The Morgan fingerprint density at radius 2 is 1.95 bits per heavy atom. The van der Waals surface area contributed by atoms with Gasteiger partial charge in [-0.25, -0.2) is 13.6 Å². The van der Waals surface area contributed by atoms with Crippen molar-refractivity contribution in [2.75, 3.05) is 7.11 Å². The Balaban J connectivity index is 2.67. The molecule has 0 saturated heterocycles. The predicted octanol–water partition coefficient (Wildman–Crippen LogP) is 1.26. The van der Waals surface area contributed by atoms with Gasteiger partial charge >= 0.3 is 0 Å². The minimum absolute atomic E-state index is 0.204. The zero-order valence-electron chi connectivity index (χ0n) is 12.1. The highest BCUT2D eigenvalue weighted by molar-refractivity contribution is 7.89. The second-order valence-corrected chi connectivity index (χ2v) is 6.51. The van der Waals surface area contributed by atoms with Crippen LogP contribution in [0.4, 0.5) is 0 Å². The van der Waals surface area contributed by atoms with Gasteiger partial charge in [-0.15, -0.1) is 10.2 Å². The molecule has 2 rings (SSSR count). The molecule has 0 aliphatic rings. The molecular weight excluding hydrogens is 292 g/mol.